The summed E-state index contributed by atoms with van der Waals surface area (Å²) >= 11 is 1.89. The Bertz CT molecular complexity index is 1080. The predicted molar refractivity (Wildman–Crippen MR) is 198 cm³/mol. The molecule has 4 N–H and O–H groups in total. The molecule has 3 rings (SSSR count). The van der Waals surface area contributed by atoms with Gasteiger partial charge in [-0.15, -0.1) is 11.8 Å². The summed E-state index contributed by atoms with van der Waals surface area (Å²) < 4.78 is 4.90. The Morgan fingerprint density at radius 3 is 1.98 bits per heavy atom. The molecule has 1 heterocycles. The smallest absolute Gasteiger partial charge is 0.323 e. The summed E-state index contributed by atoms with van der Waals surface area (Å²) in [6.45, 7) is 21.2. The molecule has 0 saturated carbocycles. The molecule has 1 aliphatic carbocycles. The molecular weight excluding hydrogens is 575 g/mol. The van der Waals surface area contributed by atoms with Gasteiger partial charge in [0.25, 0.3) is 0 Å². The first-order chi connectivity index (χ1) is 21.3. The fraction of sp³-hybridized carbons (Fsp3) is 0.590. The zero-order valence-corrected chi connectivity index (χ0v) is 30.9. The number of nitrogens with two attached hydrogens (primary N) is 2. The lowest BCUT2D eigenvalue weighted by Gasteiger charge is -2.20. The van der Waals surface area contributed by atoms with Crippen LogP contribution in [-0.4, -0.2) is 34.9 Å². The lowest BCUT2D eigenvalue weighted by Crippen LogP contribution is -2.33. The van der Waals surface area contributed by atoms with Crippen LogP contribution in [0.2, 0.25) is 0 Å². The molecule has 0 aliphatic heterocycles. The van der Waals surface area contributed by atoms with Crippen molar-refractivity contribution in [3.63, 3.8) is 0 Å². The molecule has 45 heavy (non-hydrogen) atoms. The highest BCUT2D eigenvalue weighted by atomic mass is 32.2. The van der Waals surface area contributed by atoms with Crippen LogP contribution in [0.4, 0.5) is 0 Å². The Balaban J connectivity index is 0.000000574. The molecule has 1 aromatic heterocycles. The molecule has 0 saturated heterocycles. The van der Waals surface area contributed by atoms with Gasteiger partial charge in [0.05, 0.1) is 6.10 Å². The summed E-state index contributed by atoms with van der Waals surface area (Å²) in [6, 6.07) is 12.7. The Morgan fingerprint density at radius 1 is 0.889 bits per heavy atom. The van der Waals surface area contributed by atoms with E-state index in [1.165, 1.54) is 33.8 Å². The molecule has 5 nitrogen and oxygen atoms in total. The van der Waals surface area contributed by atoms with Gasteiger partial charge in [-0.1, -0.05) is 110 Å². The minimum absolute atomic E-state index is 0.0644. The molecule has 254 valence electrons. The SMILES string of the molecule is CC(C)C(N)C1=CCC=CC1.CC(C)CSc1ccncc1.CCCC(N)C(=O)OC(C)C.CCc1ccccc1CC(C)C. The number of hydrogen-bond acceptors (Lipinski definition) is 6. The standard InChI is InChI=1S/C12H18.C10H17N.C9H13NS.C8H17NO2/c1-4-11-7-5-6-8-12(11)9-10(2)3;1-8(2)10(11)9-6-4-3-5-7-9;1-8(2)7-11-9-3-5-10-6-4-9;1-4-5-7(9)8(10)11-6(2)3/h5-8,10H,4,9H2,1-3H3;3-4,7-8,10H,5-6,11H2,1-2H3;3-6,8H,7H2,1-2H3;6-7H,4-5,9H2,1-3H3. The van der Waals surface area contributed by atoms with Crippen molar-refractivity contribution in [3.05, 3.63) is 83.7 Å². The van der Waals surface area contributed by atoms with Gasteiger partial charge >= 0.3 is 5.97 Å². The third kappa shape index (κ3) is 21.9. The number of ether oxygens (including phenoxy) is 1. The molecule has 1 aliphatic rings. The van der Waals surface area contributed by atoms with E-state index in [9.17, 15) is 4.79 Å². The van der Waals surface area contributed by atoms with Crippen LogP contribution in [0.5, 0.6) is 0 Å². The minimum atomic E-state index is -0.442. The zero-order valence-electron chi connectivity index (χ0n) is 30.1. The molecule has 2 aromatic rings. The van der Waals surface area contributed by atoms with Crippen molar-refractivity contribution in [2.45, 2.75) is 131 Å². The van der Waals surface area contributed by atoms with Gasteiger partial charge in [0, 0.05) is 29.1 Å². The van der Waals surface area contributed by atoms with Crippen LogP contribution in [0.3, 0.4) is 0 Å². The molecule has 0 radical (unpaired) electrons. The van der Waals surface area contributed by atoms with Crippen LogP contribution >= 0.6 is 11.8 Å². The summed E-state index contributed by atoms with van der Waals surface area (Å²) in [5.74, 6) is 2.98. The number of aromatic nitrogens is 1. The Kier molecular flexibility index (Phi) is 24.4. The molecule has 1 aromatic carbocycles. The number of thioether (sulfide) groups is 1. The van der Waals surface area contributed by atoms with Gasteiger partial charge in [-0.05, 0) is 87.0 Å². The number of benzene rings is 1. The number of carbonyl (C=O) groups excluding carboxylic acids is 1. The largest absolute Gasteiger partial charge is 0.462 e. The summed E-state index contributed by atoms with van der Waals surface area (Å²) in [5, 5.41) is 0. The number of hydrogen-bond donors (Lipinski definition) is 2. The summed E-state index contributed by atoms with van der Waals surface area (Å²) in [6.07, 6.45) is 16.4. The molecule has 0 fully saturated rings. The molecule has 0 bridgehead atoms. The fourth-order valence-electron chi connectivity index (χ4n) is 4.31. The van der Waals surface area contributed by atoms with Gasteiger partial charge in [0.1, 0.15) is 6.04 Å². The summed E-state index contributed by atoms with van der Waals surface area (Å²) in [4.78, 5) is 16.3. The number of esters is 1. The number of pyridine rings is 1. The first kappa shape index (κ1) is 42.6. The van der Waals surface area contributed by atoms with E-state index in [2.05, 4.69) is 95.9 Å². The van der Waals surface area contributed by atoms with E-state index >= 15 is 0 Å². The van der Waals surface area contributed by atoms with Crippen molar-refractivity contribution in [2.75, 3.05) is 5.75 Å². The van der Waals surface area contributed by atoms with Crippen molar-refractivity contribution in [2.24, 2.45) is 29.2 Å². The molecule has 2 unspecified atom stereocenters. The van der Waals surface area contributed by atoms with Crippen molar-refractivity contribution in [3.8, 4) is 0 Å². The Morgan fingerprint density at radius 2 is 1.51 bits per heavy atom. The lowest BCUT2D eigenvalue weighted by atomic mass is 9.92. The average Bonchev–Trinajstić information content (AvgIpc) is 3.01. The van der Waals surface area contributed by atoms with E-state index < -0.39 is 6.04 Å². The van der Waals surface area contributed by atoms with Crippen LogP contribution in [-0.2, 0) is 22.4 Å². The highest BCUT2D eigenvalue weighted by Gasteiger charge is 2.14. The second-order valence-electron chi connectivity index (χ2n) is 12.9. The number of aryl methyl sites for hydroxylation is 1. The van der Waals surface area contributed by atoms with Crippen molar-refractivity contribution < 1.29 is 9.53 Å². The molecule has 2 atom stereocenters. The quantitative estimate of drug-likeness (QED) is 0.137. The summed E-state index contributed by atoms with van der Waals surface area (Å²) in [5.41, 5.74) is 15.9. The van der Waals surface area contributed by atoms with Crippen LogP contribution in [0.1, 0.15) is 106 Å². The van der Waals surface area contributed by atoms with Gasteiger partial charge < -0.3 is 16.2 Å². The fourth-order valence-corrected chi connectivity index (χ4v) is 5.15. The number of carbonyl (C=O) groups is 1. The van der Waals surface area contributed by atoms with E-state index in [4.69, 9.17) is 16.2 Å². The van der Waals surface area contributed by atoms with Crippen LogP contribution in [0, 0.1) is 17.8 Å². The van der Waals surface area contributed by atoms with Gasteiger partial charge in [0.15, 0.2) is 0 Å². The number of nitrogens with zero attached hydrogens (tertiary/aromatic N) is 1. The van der Waals surface area contributed by atoms with E-state index in [1.807, 2.05) is 57.1 Å². The number of allylic oxidation sites excluding steroid dienone is 3. The van der Waals surface area contributed by atoms with Crippen LogP contribution in [0.15, 0.2) is 77.5 Å². The lowest BCUT2D eigenvalue weighted by molar-refractivity contribution is -0.149. The molecular formula is C39H65N3O2S. The van der Waals surface area contributed by atoms with Crippen molar-refractivity contribution >= 4 is 17.7 Å². The first-order valence-electron chi connectivity index (χ1n) is 17.0. The Labute approximate surface area is 281 Å². The van der Waals surface area contributed by atoms with Crippen LogP contribution < -0.4 is 11.5 Å². The predicted octanol–water partition coefficient (Wildman–Crippen LogP) is 9.59. The molecule has 6 heteroatoms. The Hall–Kier alpha value is -2.41. The van der Waals surface area contributed by atoms with E-state index in [-0.39, 0.29) is 18.1 Å². The first-order valence-corrected chi connectivity index (χ1v) is 18.0. The monoisotopic (exact) mass is 639 g/mol. The van der Waals surface area contributed by atoms with E-state index in [1.54, 1.807) is 0 Å². The van der Waals surface area contributed by atoms with Crippen molar-refractivity contribution in [1.29, 1.82) is 0 Å². The van der Waals surface area contributed by atoms with E-state index in [0.717, 1.165) is 37.5 Å². The maximum atomic E-state index is 11.0. The number of rotatable bonds is 12. The topological polar surface area (TPSA) is 91.2 Å². The van der Waals surface area contributed by atoms with Gasteiger partial charge in [-0.3, -0.25) is 9.78 Å². The zero-order chi connectivity index (χ0) is 34.2. The third-order valence-corrected chi connectivity index (χ3v) is 8.24. The summed E-state index contributed by atoms with van der Waals surface area (Å²) in [7, 11) is 0. The second-order valence-corrected chi connectivity index (χ2v) is 14.0. The third-order valence-electron chi connectivity index (χ3n) is 6.80. The normalized spacial score (nSPS) is 13.6. The molecule has 0 spiro atoms. The van der Waals surface area contributed by atoms with Crippen molar-refractivity contribution in [1.82, 2.24) is 4.98 Å². The van der Waals surface area contributed by atoms with Gasteiger partial charge in [-0.2, -0.15) is 0 Å². The van der Waals surface area contributed by atoms with E-state index in [0.29, 0.717) is 12.3 Å². The average molecular weight is 640 g/mol. The second kappa shape index (κ2) is 25.7. The minimum Gasteiger partial charge on any atom is -0.462 e. The van der Waals surface area contributed by atoms with Gasteiger partial charge in [0.2, 0.25) is 0 Å². The highest BCUT2D eigenvalue weighted by molar-refractivity contribution is 7.99. The van der Waals surface area contributed by atoms with Crippen LogP contribution in [0.25, 0.3) is 0 Å². The van der Waals surface area contributed by atoms with Gasteiger partial charge in [-0.25, -0.2) is 0 Å². The maximum absolute atomic E-state index is 11.0. The molecule has 0 amide bonds. The highest BCUT2D eigenvalue weighted by Crippen LogP contribution is 2.19. The maximum Gasteiger partial charge on any atom is 0.323 e.